The molecule has 32 heavy (non-hydrogen) atoms. The monoisotopic (exact) mass is 498 g/mol. The molecule has 6 nitrogen and oxygen atoms in total. The summed E-state index contributed by atoms with van der Waals surface area (Å²) in [7, 11) is 3.00. The standard InChI is InChI=1S/C24H20BrFN2O4/c1-31-20-10-5-15(11-21(20)32-2)24(30)28-13-22(29)27-19-9-6-16(25)12-18(19)23(28)14-3-7-17(26)8-4-14/h3-12,23H,13H2,1-2H3,(H,27,29)/t23-/m1/s1. The van der Waals surface area contributed by atoms with E-state index in [9.17, 15) is 14.0 Å². The second-order valence-electron chi connectivity index (χ2n) is 7.24. The lowest BCUT2D eigenvalue weighted by Crippen LogP contribution is -2.39. The number of nitrogens with one attached hydrogen (secondary N) is 1. The molecule has 0 bridgehead atoms. The number of benzene rings is 3. The first-order valence-electron chi connectivity index (χ1n) is 9.79. The molecule has 0 radical (unpaired) electrons. The summed E-state index contributed by atoms with van der Waals surface area (Å²) in [6.07, 6.45) is 0. The highest BCUT2D eigenvalue weighted by atomic mass is 79.9. The Morgan fingerprint density at radius 3 is 2.44 bits per heavy atom. The maximum atomic E-state index is 13.7. The molecule has 0 fully saturated rings. The predicted octanol–water partition coefficient (Wildman–Crippen LogP) is 4.79. The van der Waals surface area contributed by atoms with Crippen LogP contribution in [-0.2, 0) is 4.79 Å². The van der Waals surface area contributed by atoms with Gasteiger partial charge in [0.25, 0.3) is 5.91 Å². The molecule has 0 aromatic heterocycles. The largest absolute Gasteiger partial charge is 0.493 e. The van der Waals surface area contributed by atoms with Gasteiger partial charge in [0.1, 0.15) is 12.4 Å². The van der Waals surface area contributed by atoms with E-state index in [-0.39, 0.29) is 24.2 Å². The molecule has 4 rings (SSSR count). The molecular formula is C24H20BrFN2O4. The number of nitrogens with zero attached hydrogens (tertiary/aromatic N) is 1. The van der Waals surface area contributed by atoms with Gasteiger partial charge in [-0.1, -0.05) is 28.1 Å². The Morgan fingerprint density at radius 2 is 1.75 bits per heavy atom. The number of methoxy groups -OCH3 is 2. The molecule has 3 aromatic carbocycles. The summed E-state index contributed by atoms with van der Waals surface area (Å²) in [5, 5.41) is 2.87. The van der Waals surface area contributed by atoms with Gasteiger partial charge in [-0.25, -0.2) is 4.39 Å². The van der Waals surface area contributed by atoms with E-state index >= 15 is 0 Å². The van der Waals surface area contributed by atoms with Crippen molar-refractivity contribution in [1.82, 2.24) is 4.90 Å². The number of amides is 2. The molecule has 1 aliphatic rings. The molecule has 0 saturated carbocycles. The number of ether oxygens (including phenoxy) is 2. The van der Waals surface area contributed by atoms with Crippen LogP contribution in [0.15, 0.2) is 65.1 Å². The topological polar surface area (TPSA) is 67.9 Å². The molecule has 1 atom stereocenters. The highest BCUT2D eigenvalue weighted by Crippen LogP contribution is 2.38. The molecule has 0 saturated heterocycles. The van der Waals surface area contributed by atoms with Crippen LogP contribution in [0.2, 0.25) is 0 Å². The first-order valence-corrected chi connectivity index (χ1v) is 10.6. The smallest absolute Gasteiger partial charge is 0.255 e. The number of carbonyl (C=O) groups excluding carboxylic acids is 2. The number of carbonyl (C=O) groups is 2. The minimum atomic E-state index is -0.623. The van der Waals surface area contributed by atoms with Crippen molar-refractivity contribution in [3.05, 3.63) is 87.6 Å². The third-order valence-corrected chi connectivity index (χ3v) is 5.78. The van der Waals surface area contributed by atoms with Crippen molar-refractivity contribution in [2.24, 2.45) is 0 Å². The van der Waals surface area contributed by atoms with Crippen LogP contribution < -0.4 is 14.8 Å². The normalized spacial score (nSPS) is 15.4. The van der Waals surface area contributed by atoms with Gasteiger partial charge in [-0.15, -0.1) is 0 Å². The molecular weight excluding hydrogens is 479 g/mol. The molecule has 0 spiro atoms. The van der Waals surface area contributed by atoms with Gasteiger partial charge in [0.05, 0.1) is 20.3 Å². The van der Waals surface area contributed by atoms with Crippen LogP contribution in [0.3, 0.4) is 0 Å². The van der Waals surface area contributed by atoms with E-state index in [2.05, 4.69) is 21.2 Å². The highest BCUT2D eigenvalue weighted by molar-refractivity contribution is 9.10. The fourth-order valence-corrected chi connectivity index (χ4v) is 4.18. The maximum absolute atomic E-state index is 13.7. The third-order valence-electron chi connectivity index (χ3n) is 5.29. The summed E-state index contributed by atoms with van der Waals surface area (Å²) < 4.78 is 25.0. The number of hydrogen-bond acceptors (Lipinski definition) is 4. The van der Waals surface area contributed by atoms with Crippen LogP contribution >= 0.6 is 15.9 Å². The zero-order chi connectivity index (χ0) is 22.8. The van der Waals surface area contributed by atoms with E-state index in [4.69, 9.17) is 9.47 Å². The van der Waals surface area contributed by atoms with Crippen LogP contribution in [0.1, 0.15) is 27.5 Å². The Balaban J connectivity index is 1.87. The number of anilines is 1. The van der Waals surface area contributed by atoms with E-state index < -0.39 is 6.04 Å². The highest BCUT2D eigenvalue weighted by Gasteiger charge is 2.34. The summed E-state index contributed by atoms with van der Waals surface area (Å²) in [6.45, 7) is -0.179. The zero-order valence-corrected chi connectivity index (χ0v) is 19.0. The molecule has 0 aliphatic carbocycles. The van der Waals surface area contributed by atoms with Gasteiger partial charge in [-0.3, -0.25) is 9.59 Å². The van der Waals surface area contributed by atoms with E-state index in [0.29, 0.717) is 33.9 Å². The van der Waals surface area contributed by atoms with Crippen LogP contribution in [0, 0.1) is 5.82 Å². The second-order valence-corrected chi connectivity index (χ2v) is 8.15. The zero-order valence-electron chi connectivity index (χ0n) is 17.4. The van der Waals surface area contributed by atoms with Crippen LogP contribution in [0.25, 0.3) is 0 Å². The van der Waals surface area contributed by atoms with Gasteiger partial charge >= 0.3 is 0 Å². The van der Waals surface area contributed by atoms with Gasteiger partial charge in [-0.05, 0) is 54.1 Å². The van der Waals surface area contributed by atoms with E-state index in [1.807, 2.05) is 12.1 Å². The first-order chi connectivity index (χ1) is 15.4. The molecule has 2 amide bonds. The predicted molar refractivity (Wildman–Crippen MR) is 122 cm³/mol. The average Bonchev–Trinajstić information content (AvgIpc) is 2.94. The summed E-state index contributed by atoms with van der Waals surface area (Å²) in [4.78, 5) is 27.9. The molecule has 3 aromatic rings. The maximum Gasteiger partial charge on any atom is 0.255 e. The number of halogens is 2. The van der Waals surface area contributed by atoms with Crippen LogP contribution in [0.4, 0.5) is 10.1 Å². The summed E-state index contributed by atoms with van der Waals surface area (Å²) >= 11 is 3.47. The third kappa shape index (κ3) is 4.18. The van der Waals surface area contributed by atoms with Gasteiger partial charge < -0.3 is 19.7 Å². The van der Waals surface area contributed by atoms with Gasteiger partial charge in [0.15, 0.2) is 11.5 Å². The quantitative estimate of drug-likeness (QED) is 0.561. The average molecular weight is 499 g/mol. The van der Waals surface area contributed by atoms with Crippen molar-refractivity contribution in [2.75, 3.05) is 26.1 Å². The Kier molecular flexibility index (Phi) is 6.14. The van der Waals surface area contributed by atoms with Crippen molar-refractivity contribution in [1.29, 1.82) is 0 Å². The molecule has 1 aliphatic heterocycles. The van der Waals surface area contributed by atoms with Gasteiger partial charge in [0.2, 0.25) is 5.91 Å². The lowest BCUT2D eigenvalue weighted by molar-refractivity contribution is -0.117. The van der Waals surface area contributed by atoms with Gasteiger partial charge in [-0.2, -0.15) is 0 Å². The van der Waals surface area contributed by atoms with Gasteiger partial charge in [0, 0.05) is 21.3 Å². The number of hydrogen-bond donors (Lipinski definition) is 1. The first kappa shape index (κ1) is 21.8. The Morgan fingerprint density at radius 1 is 1.03 bits per heavy atom. The Hall–Kier alpha value is -3.39. The SMILES string of the molecule is COc1ccc(C(=O)N2CC(=O)Nc3ccc(Br)cc3[C@H]2c2ccc(F)cc2)cc1OC. The number of rotatable bonds is 4. The van der Waals surface area contributed by atoms with Crippen molar-refractivity contribution in [3.8, 4) is 11.5 Å². The van der Waals surface area contributed by atoms with Crippen LogP contribution in [-0.4, -0.2) is 37.5 Å². The Labute approximate surface area is 193 Å². The molecule has 1 heterocycles. The fourth-order valence-electron chi connectivity index (χ4n) is 3.81. The molecule has 0 unspecified atom stereocenters. The lowest BCUT2D eigenvalue weighted by atomic mass is 9.95. The van der Waals surface area contributed by atoms with E-state index in [1.54, 1.807) is 36.4 Å². The second kappa shape index (κ2) is 9.00. The minimum Gasteiger partial charge on any atom is -0.493 e. The summed E-state index contributed by atoms with van der Waals surface area (Å²) in [6, 6.07) is 15.6. The van der Waals surface area contributed by atoms with E-state index in [0.717, 1.165) is 4.47 Å². The van der Waals surface area contributed by atoms with Crippen molar-refractivity contribution in [2.45, 2.75) is 6.04 Å². The minimum absolute atomic E-state index is 0.179. The summed E-state index contributed by atoms with van der Waals surface area (Å²) in [5.74, 6) is -0.194. The van der Waals surface area contributed by atoms with Crippen molar-refractivity contribution >= 4 is 33.4 Å². The van der Waals surface area contributed by atoms with Crippen molar-refractivity contribution in [3.63, 3.8) is 0 Å². The number of fused-ring (bicyclic) bond motifs is 1. The van der Waals surface area contributed by atoms with E-state index in [1.165, 1.54) is 31.3 Å². The van der Waals surface area contributed by atoms with Crippen LogP contribution in [0.5, 0.6) is 11.5 Å². The molecule has 1 N–H and O–H groups in total. The fraction of sp³-hybridized carbons (Fsp3) is 0.167. The summed E-state index contributed by atoms with van der Waals surface area (Å²) in [5.41, 5.74) is 2.32. The molecule has 164 valence electrons. The lowest BCUT2D eigenvalue weighted by Gasteiger charge is -2.31. The Bertz CT molecular complexity index is 1180. The molecule has 8 heteroatoms. The van der Waals surface area contributed by atoms with Crippen molar-refractivity contribution < 1.29 is 23.5 Å².